The third-order valence-corrected chi connectivity index (χ3v) is 7.34. The zero-order valence-electron chi connectivity index (χ0n) is 14.9. The summed E-state index contributed by atoms with van der Waals surface area (Å²) >= 11 is 0. The van der Waals surface area contributed by atoms with E-state index in [1.54, 1.807) is 0 Å². The summed E-state index contributed by atoms with van der Waals surface area (Å²) < 4.78 is 56.2. The molecular formula is C18H22N2O5S2. The van der Waals surface area contributed by atoms with Crippen LogP contribution in [0.5, 0.6) is 5.75 Å². The van der Waals surface area contributed by atoms with Crippen molar-refractivity contribution >= 4 is 20.0 Å². The van der Waals surface area contributed by atoms with Crippen molar-refractivity contribution in [3.8, 4) is 5.75 Å². The molecule has 0 saturated carbocycles. The summed E-state index contributed by atoms with van der Waals surface area (Å²) in [5.41, 5.74) is 0.877. The van der Waals surface area contributed by atoms with Crippen LogP contribution in [0.3, 0.4) is 0 Å². The molecule has 27 heavy (non-hydrogen) atoms. The fraction of sp³-hybridized carbons (Fsp3) is 0.333. The maximum absolute atomic E-state index is 13.1. The van der Waals surface area contributed by atoms with Crippen molar-refractivity contribution in [2.75, 3.05) is 13.2 Å². The second kappa shape index (κ2) is 7.59. The molecule has 1 heterocycles. The first-order valence-electron chi connectivity index (χ1n) is 8.61. The van der Waals surface area contributed by atoms with E-state index in [-0.39, 0.29) is 15.8 Å². The monoisotopic (exact) mass is 410 g/mol. The minimum atomic E-state index is -3.98. The molecule has 7 nitrogen and oxygen atoms in total. The molecule has 1 fully saturated rings. The zero-order chi connectivity index (χ0) is 19.7. The van der Waals surface area contributed by atoms with Crippen LogP contribution in [-0.4, -0.2) is 34.3 Å². The maximum Gasteiger partial charge on any atom is 0.243 e. The van der Waals surface area contributed by atoms with E-state index in [0.29, 0.717) is 19.6 Å². The highest BCUT2D eigenvalue weighted by Crippen LogP contribution is 2.37. The summed E-state index contributed by atoms with van der Waals surface area (Å²) in [7, 11) is -7.84. The molecule has 1 aliphatic heterocycles. The van der Waals surface area contributed by atoms with Crippen LogP contribution in [0.2, 0.25) is 0 Å². The van der Waals surface area contributed by atoms with Crippen LogP contribution >= 0.6 is 0 Å². The molecule has 0 aromatic heterocycles. The van der Waals surface area contributed by atoms with Gasteiger partial charge in [0.25, 0.3) is 0 Å². The minimum Gasteiger partial charge on any atom is -0.494 e. The quantitative estimate of drug-likeness (QED) is 0.786. The third kappa shape index (κ3) is 4.16. The Balaban J connectivity index is 1.94. The second-order valence-corrected chi connectivity index (χ2v) is 9.75. The van der Waals surface area contributed by atoms with E-state index < -0.39 is 20.0 Å². The van der Waals surface area contributed by atoms with Crippen molar-refractivity contribution in [2.24, 2.45) is 5.14 Å². The SMILES string of the molecule is CCOc1ccc(C2CCCN2S(=O)(=O)c2cccc(S(N)(=O)=O)c2)cc1. The van der Waals surface area contributed by atoms with Gasteiger partial charge in [0.05, 0.1) is 22.4 Å². The Kier molecular flexibility index (Phi) is 5.57. The lowest BCUT2D eigenvalue weighted by atomic mass is 10.1. The number of hydrogen-bond acceptors (Lipinski definition) is 5. The summed E-state index contributed by atoms with van der Waals surface area (Å²) in [6.45, 7) is 2.83. The van der Waals surface area contributed by atoms with E-state index in [0.717, 1.165) is 23.8 Å². The van der Waals surface area contributed by atoms with Gasteiger partial charge in [-0.1, -0.05) is 18.2 Å². The van der Waals surface area contributed by atoms with E-state index in [1.807, 2.05) is 31.2 Å². The van der Waals surface area contributed by atoms with E-state index in [4.69, 9.17) is 9.88 Å². The van der Waals surface area contributed by atoms with Crippen LogP contribution in [0.25, 0.3) is 0 Å². The third-order valence-electron chi connectivity index (χ3n) is 4.52. The molecule has 1 atom stereocenters. The lowest BCUT2D eigenvalue weighted by molar-refractivity contribution is 0.339. The molecule has 0 radical (unpaired) electrons. The van der Waals surface area contributed by atoms with Gasteiger partial charge in [0, 0.05) is 6.54 Å². The Labute approximate surface area is 159 Å². The molecule has 1 saturated heterocycles. The first kappa shape index (κ1) is 19.8. The van der Waals surface area contributed by atoms with Crippen LogP contribution in [0.1, 0.15) is 31.4 Å². The van der Waals surface area contributed by atoms with Gasteiger partial charge in [-0.25, -0.2) is 22.0 Å². The standard InChI is InChI=1S/C18H22N2O5S2/c1-2-25-15-10-8-14(9-11-15)18-7-4-12-20(18)27(23,24)17-6-3-5-16(13-17)26(19,21)22/h3,5-6,8-11,13,18H,2,4,7,12H2,1H3,(H2,19,21,22). The topological polar surface area (TPSA) is 107 Å². The smallest absolute Gasteiger partial charge is 0.243 e. The average molecular weight is 411 g/mol. The van der Waals surface area contributed by atoms with E-state index in [9.17, 15) is 16.8 Å². The van der Waals surface area contributed by atoms with Gasteiger partial charge in [-0.05, 0) is 55.7 Å². The van der Waals surface area contributed by atoms with E-state index in [1.165, 1.54) is 22.5 Å². The summed E-state index contributed by atoms with van der Waals surface area (Å²) in [6, 6.07) is 12.2. The number of hydrogen-bond donors (Lipinski definition) is 1. The molecule has 146 valence electrons. The number of sulfonamides is 2. The molecule has 2 N–H and O–H groups in total. The van der Waals surface area contributed by atoms with Crippen LogP contribution < -0.4 is 9.88 Å². The number of ether oxygens (including phenoxy) is 1. The Bertz CT molecular complexity index is 1020. The highest BCUT2D eigenvalue weighted by atomic mass is 32.2. The first-order valence-corrected chi connectivity index (χ1v) is 11.6. The number of nitrogens with zero attached hydrogens (tertiary/aromatic N) is 1. The maximum atomic E-state index is 13.1. The molecular weight excluding hydrogens is 388 g/mol. The van der Waals surface area contributed by atoms with Crippen LogP contribution in [-0.2, 0) is 20.0 Å². The second-order valence-electron chi connectivity index (χ2n) is 6.30. The number of rotatable bonds is 6. The summed E-state index contributed by atoms with van der Waals surface area (Å²) in [6.07, 6.45) is 1.42. The van der Waals surface area contributed by atoms with Gasteiger partial charge in [0.1, 0.15) is 5.75 Å². The van der Waals surface area contributed by atoms with Crippen LogP contribution in [0.4, 0.5) is 0 Å². The van der Waals surface area contributed by atoms with E-state index in [2.05, 4.69) is 0 Å². The zero-order valence-corrected chi connectivity index (χ0v) is 16.5. The largest absolute Gasteiger partial charge is 0.494 e. The lowest BCUT2D eigenvalue weighted by Gasteiger charge is -2.24. The summed E-state index contributed by atoms with van der Waals surface area (Å²) in [5, 5.41) is 5.13. The molecule has 1 unspecified atom stereocenters. The van der Waals surface area contributed by atoms with Gasteiger partial charge in [0.2, 0.25) is 20.0 Å². The Morgan fingerprint density at radius 1 is 1.07 bits per heavy atom. The fourth-order valence-electron chi connectivity index (χ4n) is 3.26. The highest BCUT2D eigenvalue weighted by Gasteiger charge is 2.36. The van der Waals surface area contributed by atoms with Crippen molar-refractivity contribution in [3.63, 3.8) is 0 Å². The molecule has 0 amide bonds. The Hall–Kier alpha value is -1.94. The van der Waals surface area contributed by atoms with Crippen molar-refractivity contribution in [1.82, 2.24) is 4.31 Å². The lowest BCUT2D eigenvalue weighted by Crippen LogP contribution is -2.30. The highest BCUT2D eigenvalue weighted by molar-refractivity contribution is 7.90. The van der Waals surface area contributed by atoms with E-state index >= 15 is 0 Å². The van der Waals surface area contributed by atoms with Gasteiger partial charge >= 0.3 is 0 Å². The van der Waals surface area contributed by atoms with Crippen LogP contribution in [0.15, 0.2) is 58.3 Å². The molecule has 2 aromatic rings. The first-order chi connectivity index (χ1) is 12.7. The van der Waals surface area contributed by atoms with Crippen molar-refractivity contribution in [1.29, 1.82) is 0 Å². The van der Waals surface area contributed by atoms with Crippen molar-refractivity contribution in [2.45, 2.75) is 35.6 Å². The average Bonchev–Trinajstić information content (AvgIpc) is 3.13. The van der Waals surface area contributed by atoms with Crippen LogP contribution in [0, 0.1) is 0 Å². The van der Waals surface area contributed by atoms with Gasteiger partial charge in [-0.3, -0.25) is 0 Å². The molecule has 0 aliphatic carbocycles. The predicted molar refractivity (Wildman–Crippen MR) is 101 cm³/mol. The molecule has 0 bridgehead atoms. The molecule has 3 rings (SSSR count). The summed E-state index contributed by atoms with van der Waals surface area (Å²) in [5.74, 6) is 0.731. The van der Waals surface area contributed by atoms with Gasteiger partial charge in [-0.15, -0.1) is 0 Å². The molecule has 2 aromatic carbocycles. The number of benzene rings is 2. The number of nitrogens with two attached hydrogens (primary N) is 1. The minimum absolute atomic E-state index is 0.0770. The van der Waals surface area contributed by atoms with Crippen molar-refractivity contribution < 1.29 is 21.6 Å². The molecule has 0 spiro atoms. The fourth-order valence-corrected chi connectivity index (χ4v) is 5.62. The molecule has 9 heteroatoms. The Morgan fingerprint density at radius 3 is 2.37 bits per heavy atom. The van der Waals surface area contributed by atoms with Gasteiger partial charge < -0.3 is 4.74 Å². The van der Waals surface area contributed by atoms with Crippen molar-refractivity contribution in [3.05, 3.63) is 54.1 Å². The number of primary sulfonamides is 1. The molecule has 1 aliphatic rings. The summed E-state index contributed by atoms with van der Waals surface area (Å²) in [4.78, 5) is -0.299. The normalized spacial score (nSPS) is 18.5. The Morgan fingerprint density at radius 2 is 1.74 bits per heavy atom. The van der Waals surface area contributed by atoms with Gasteiger partial charge in [0.15, 0.2) is 0 Å². The van der Waals surface area contributed by atoms with Gasteiger partial charge in [-0.2, -0.15) is 4.31 Å². The predicted octanol–water partition coefficient (Wildman–Crippen LogP) is 2.26.